The van der Waals surface area contributed by atoms with E-state index in [2.05, 4.69) is 12.1 Å². The van der Waals surface area contributed by atoms with E-state index >= 15 is 0 Å². The summed E-state index contributed by atoms with van der Waals surface area (Å²) < 4.78 is 5.20. The summed E-state index contributed by atoms with van der Waals surface area (Å²) in [5.41, 5.74) is 2.88. The molecule has 0 unspecified atom stereocenters. The van der Waals surface area contributed by atoms with Crippen LogP contribution in [0.2, 0.25) is 0 Å². The van der Waals surface area contributed by atoms with Crippen molar-refractivity contribution in [3.63, 3.8) is 0 Å². The number of pyridine rings is 1. The Morgan fingerprint density at radius 1 is 0.889 bits per heavy atom. The van der Waals surface area contributed by atoms with Crippen molar-refractivity contribution in [2.75, 3.05) is 0 Å². The molecule has 0 atom stereocenters. The van der Waals surface area contributed by atoms with Gasteiger partial charge in [-0.25, -0.2) is 4.98 Å². The van der Waals surface area contributed by atoms with Crippen LogP contribution in [0.25, 0.3) is 22.2 Å². The molecular weight excluding hydrogens is 222 g/mol. The molecule has 0 saturated heterocycles. The third-order valence-corrected chi connectivity index (χ3v) is 2.90. The molecule has 2 heteroatoms. The number of benzene rings is 2. The molecule has 2 aromatic carbocycles. The average molecular weight is 234 g/mol. The summed E-state index contributed by atoms with van der Waals surface area (Å²) in [6.07, 6.45) is 0. The number of para-hydroxylation sites is 1. The van der Waals surface area contributed by atoms with Gasteiger partial charge in [-0.15, -0.1) is 0 Å². The van der Waals surface area contributed by atoms with Crippen molar-refractivity contribution < 1.29 is 4.74 Å². The molecule has 0 fully saturated rings. The predicted octanol–water partition coefficient (Wildman–Crippen LogP) is 4.07. The van der Waals surface area contributed by atoms with Gasteiger partial charge < -0.3 is 4.74 Å². The maximum absolute atomic E-state index is 5.20. The fraction of sp³-hybridized carbons (Fsp3) is 0. The van der Waals surface area contributed by atoms with Crippen LogP contribution in [0.5, 0.6) is 5.75 Å². The van der Waals surface area contributed by atoms with Crippen LogP contribution in [0.15, 0.2) is 60.7 Å². The van der Waals surface area contributed by atoms with E-state index in [1.165, 1.54) is 0 Å². The largest absolute Gasteiger partial charge is 0.489 e. The lowest BCUT2D eigenvalue weighted by Gasteiger charge is -2.08. The summed E-state index contributed by atoms with van der Waals surface area (Å²) in [7, 11) is 3.51. The highest BCUT2D eigenvalue weighted by Gasteiger charge is 2.06. The Balaban J connectivity index is 2.26. The van der Waals surface area contributed by atoms with E-state index in [9.17, 15) is 0 Å². The van der Waals surface area contributed by atoms with E-state index in [1.54, 1.807) is 0 Å². The van der Waals surface area contributed by atoms with E-state index in [0.29, 0.717) is 0 Å². The highest BCUT2D eigenvalue weighted by molar-refractivity contribution is 5.87. The molecule has 18 heavy (non-hydrogen) atoms. The number of nitrogens with zero attached hydrogens (tertiary/aromatic N) is 1. The number of hydrogen-bond donors (Lipinski definition) is 0. The minimum Gasteiger partial charge on any atom is -0.489 e. The first-order valence-electron chi connectivity index (χ1n) is 5.76. The van der Waals surface area contributed by atoms with Crippen LogP contribution in [-0.2, 0) is 0 Å². The van der Waals surface area contributed by atoms with Gasteiger partial charge in [0, 0.05) is 17.0 Å². The number of aromatic nitrogens is 1. The molecule has 0 saturated carbocycles. The monoisotopic (exact) mass is 234 g/mol. The number of rotatable bonds is 2. The van der Waals surface area contributed by atoms with Crippen LogP contribution in [0.1, 0.15) is 0 Å². The molecule has 87 valence electrons. The Kier molecular flexibility index (Phi) is 2.69. The fourth-order valence-electron chi connectivity index (χ4n) is 2.02. The topological polar surface area (TPSA) is 22.1 Å². The molecule has 0 aliphatic carbocycles. The zero-order chi connectivity index (χ0) is 12.4. The van der Waals surface area contributed by atoms with Gasteiger partial charge in [-0.2, -0.15) is 0 Å². The van der Waals surface area contributed by atoms with E-state index in [0.717, 1.165) is 27.9 Å². The SMILES string of the molecule is [CH2]Oc1cc(-c2ccccc2)nc2ccccc12. The van der Waals surface area contributed by atoms with Crippen LogP contribution in [0.3, 0.4) is 0 Å². The molecule has 1 aromatic heterocycles. The Bertz CT molecular complexity index is 677. The van der Waals surface area contributed by atoms with E-state index in [-0.39, 0.29) is 0 Å². The molecular formula is C16H12NO. The Labute approximate surface area is 106 Å². The molecule has 1 radical (unpaired) electrons. The van der Waals surface area contributed by atoms with Crippen LogP contribution in [0, 0.1) is 7.11 Å². The number of hydrogen-bond acceptors (Lipinski definition) is 2. The minimum atomic E-state index is 0.749. The second kappa shape index (κ2) is 4.49. The van der Waals surface area contributed by atoms with Crippen LogP contribution < -0.4 is 4.74 Å². The van der Waals surface area contributed by atoms with Gasteiger partial charge in [0.2, 0.25) is 0 Å². The summed E-state index contributed by atoms with van der Waals surface area (Å²) in [6, 6.07) is 19.9. The number of fused-ring (bicyclic) bond motifs is 1. The van der Waals surface area contributed by atoms with Crippen molar-refractivity contribution in [2.45, 2.75) is 0 Å². The maximum Gasteiger partial charge on any atom is 0.131 e. The van der Waals surface area contributed by atoms with Crippen molar-refractivity contribution in [3.8, 4) is 17.0 Å². The first kappa shape index (κ1) is 10.8. The highest BCUT2D eigenvalue weighted by Crippen LogP contribution is 2.29. The predicted molar refractivity (Wildman–Crippen MR) is 73.2 cm³/mol. The summed E-state index contributed by atoms with van der Waals surface area (Å²) in [6.45, 7) is 0. The molecule has 2 nitrogen and oxygen atoms in total. The molecule has 3 rings (SSSR count). The lowest BCUT2D eigenvalue weighted by atomic mass is 10.1. The summed E-state index contributed by atoms with van der Waals surface area (Å²) >= 11 is 0. The maximum atomic E-state index is 5.20. The summed E-state index contributed by atoms with van der Waals surface area (Å²) in [5.74, 6) is 0.749. The zero-order valence-electron chi connectivity index (χ0n) is 9.84. The van der Waals surface area contributed by atoms with Crippen LogP contribution in [0.4, 0.5) is 0 Å². The van der Waals surface area contributed by atoms with Crippen LogP contribution >= 0.6 is 0 Å². The first-order chi connectivity index (χ1) is 8.88. The van der Waals surface area contributed by atoms with Gasteiger partial charge in [-0.3, -0.25) is 0 Å². The molecule has 0 bridgehead atoms. The van der Waals surface area contributed by atoms with E-state index in [4.69, 9.17) is 4.74 Å². The molecule has 0 spiro atoms. The Hall–Kier alpha value is -2.35. The third-order valence-electron chi connectivity index (χ3n) is 2.90. The van der Waals surface area contributed by atoms with Gasteiger partial charge >= 0.3 is 0 Å². The van der Waals surface area contributed by atoms with Gasteiger partial charge in [0.25, 0.3) is 0 Å². The van der Waals surface area contributed by atoms with Crippen molar-refractivity contribution in [1.82, 2.24) is 4.98 Å². The molecule has 0 N–H and O–H groups in total. The van der Waals surface area contributed by atoms with Crippen molar-refractivity contribution in [1.29, 1.82) is 0 Å². The molecule has 0 aliphatic heterocycles. The smallest absolute Gasteiger partial charge is 0.131 e. The highest BCUT2D eigenvalue weighted by atomic mass is 16.5. The van der Waals surface area contributed by atoms with E-state index in [1.807, 2.05) is 60.7 Å². The lowest BCUT2D eigenvalue weighted by molar-refractivity contribution is 0.478. The van der Waals surface area contributed by atoms with Gasteiger partial charge in [0.1, 0.15) is 12.9 Å². The number of ether oxygens (including phenoxy) is 1. The average Bonchev–Trinajstić information content (AvgIpc) is 2.47. The lowest BCUT2D eigenvalue weighted by Crippen LogP contribution is -1.89. The first-order valence-corrected chi connectivity index (χ1v) is 5.76. The summed E-state index contributed by atoms with van der Waals surface area (Å²) in [4.78, 5) is 4.65. The standard InChI is InChI=1S/C16H12NO/c1-18-16-11-15(12-7-3-2-4-8-12)17-14-10-6-5-9-13(14)16/h2-11H,1H2. The normalized spacial score (nSPS) is 10.5. The molecule has 1 heterocycles. The van der Waals surface area contributed by atoms with Gasteiger partial charge in [-0.1, -0.05) is 42.5 Å². The minimum absolute atomic E-state index is 0.749. The van der Waals surface area contributed by atoms with Gasteiger partial charge in [-0.05, 0) is 12.1 Å². The fourth-order valence-corrected chi connectivity index (χ4v) is 2.02. The van der Waals surface area contributed by atoms with Crippen LogP contribution in [-0.4, -0.2) is 4.98 Å². The third kappa shape index (κ3) is 1.82. The van der Waals surface area contributed by atoms with Crippen molar-refractivity contribution in [2.24, 2.45) is 0 Å². The van der Waals surface area contributed by atoms with Gasteiger partial charge in [0.15, 0.2) is 0 Å². The van der Waals surface area contributed by atoms with Crippen molar-refractivity contribution >= 4 is 10.9 Å². The second-order valence-corrected chi connectivity index (χ2v) is 4.03. The summed E-state index contributed by atoms with van der Waals surface area (Å²) in [5, 5.41) is 0.979. The second-order valence-electron chi connectivity index (χ2n) is 4.03. The zero-order valence-corrected chi connectivity index (χ0v) is 9.84. The van der Waals surface area contributed by atoms with Crippen molar-refractivity contribution in [3.05, 3.63) is 67.8 Å². The Morgan fingerprint density at radius 3 is 2.39 bits per heavy atom. The quantitative estimate of drug-likeness (QED) is 0.666. The Morgan fingerprint density at radius 2 is 1.61 bits per heavy atom. The van der Waals surface area contributed by atoms with Gasteiger partial charge in [0.05, 0.1) is 11.2 Å². The molecule has 0 aliphatic rings. The van der Waals surface area contributed by atoms with E-state index < -0.39 is 0 Å². The molecule has 0 amide bonds. The molecule has 3 aromatic rings.